The largest absolute Gasteiger partial charge is 0.411 e. The van der Waals surface area contributed by atoms with Gasteiger partial charge in [-0.3, -0.25) is 14.8 Å². The molecule has 2 aliphatic rings. The predicted molar refractivity (Wildman–Crippen MR) is 147 cm³/mol. The van der Waals surface area contributed by atoms with Crippen LogP contribution in [0.3, 0.4) is 0 Å². The molecule has 3 heterocycles. The molecule has 11 heteroatoms. The van der Waals surface area contributed by atoms with Gasteiger partial charge in [-0.1, -0.05) is 38.6 Å². The van der Waals surface area contributed by atoms with E-state index >= 15 is 13.2 Å². The monoisotopic (exact) mass is 597 g/mol. The van der Waals surface area contributed by atoms with Gasteiger partial charge < -0.3 is 9.84 Å². The fraction of sp³-hybridized carbons (Fsp3) is 0.516. The van der Waals surface area contributed by atoms with E-state index in [-0.39, 0.29) is 18.8 Å². The normalized spacial score (nSPS) is 20.0. The summed E-state index contributed by atoms with van der Waals surface area (Å²) in [5.74, 6) is -3.06. The molecule has 1 spiro atoms. The molecule has 1 fully saturated rings. The van der Waals surface area contributed by atoms with Crippen molar-refractivity contribution >= 4 is 0 Å². The maximum atomic E-state index is 15.2. The van der Waals surface area contributed by atoms with Crippen LogP contribution in [-0.2, 0) is 22.5 Å². The van der Waals surface area contributed by atoms with Gasteiger partial charge in [0.25, 0.3) is 0 Å². The van der Waals surface area contributed by atoms with Crippen LogP contribution in [0, 0.1) is 22.9 Å². The number of halogens is 6. The molecule has 1 N–H and O–H groups in total. The maximum Gasteiger partial charge on any atom is 0.411 e. The van der Waals surface area contributed by atoms with Crippen molar-refractivity contribution in [1.82, 2.24) is 14.8 Å². The Bertz CT molecular complexity index is 1330. The molecule has 0 bridgehead atoms. The van der Waals surface area contributed by atoms with E-state index in [1.54, 1.807) is 18.3 Å². The van der Waals surface area contributed by atoms with E-state index < -0.39 is 46.2 Å². The molecule has 0 amide bonds. The zero-order chi connectivity index (χ0) is 31.1. The molecule has 2 unspecified atom stereocenters. The number of allylic oxidation sites excluding steroid dienone is 1. The lowest BCUT2D eigenvalue weighted by Gasteiger charge is -2.54. The van der Waals surface area contributed by atoms with Gasteiger partial charge in [-0.2, -0.15) is 13.2 Å². The Morgan fingerprint density at radius 2 is 1.81 bits per heavy atom. The predicted octanol–water partition coefficient (Wildman–Crippen LogP) is 6.58. The fourth-order valence-corrected chi connectivity index (χ4v) is 6.60. The number of pyridine rings is 1. The molecule has 5 nitrogen and oxygen atoms in total. The number of nitrogens with zero attached hydrogens (tertiary/aromatic N) is 3. The summed E-state index contributed by atoms with van der Waals surface area (Å²) < 4.78 is 93.9. The summed E-state index contributed by atoms with van der Waals surface area (Å²) in [6, 6.07) is 2.14. The van der Waals surface area contributed by atoms with Gasteiger partial charge in [0.05, 0.1) is 18.4 Å². The number of aliphatic hydroxyl groups is 1. The van der Waals surface area contributed by atoms with Gasteiger partial charge in [0, 0.05) is 37.0 Å². The Morgan fingerprint density at radius 1 is 1.14 bits per heavy atom. The summed E-state index contributed by atoms with van der Waals surface area (Å²) in [7, 11) is 1.12. The second-order valence-corrected chi connectivity index (χ2v) is 11.9. The van der Waals surface area contributed by atoms with Crippen molar-refractivity contribution in [2.45, 2.75) is 70.2 Å². The van der Waals surface area contributed by atoms with Gasteiger partial charge in [0.15, 0.2) is 17.2 Å². The summed E-state index contributed by atoms with van der Waals surface area (Å²) in [6.07, 6.45) is 0.640. The third-order valence-corrected chi connectivity index (χ3v) is 9.01. The van der Waals surface area contributed by atoms with Gasteiger partial charge in [0.1, 0.15) is 12.0 Å². The van der Waals surface area contributed by atoms with Crippen LogP contribution < -0.4 is 0 Å². The second kappa shape index (κ2) is 11.7. The van der Waals surface area contributed by atoms with Crippen LogP contribution in [0.5, 0.6) is 0 Å². The minimum atomic E-state index is -4.98. The van der Waals surface area contributed by atoms with Gasteiger partial charge in [-0.25, -0.2) is 13.2 Å². The van der Waals surface area contributed by atoms with Crippen molar-refractivity contribution in [3.05, 3.63) is 89.0 Å². The third-order valence-electron chi connectivity index (χ3n) is 9.01. The third kappa shape index (κ3) is 5.52. The number of aliphatic hydroxyl groups excluding tert-OH is 1. The van der Waals surface area contributed by atoms with Crippen LogP contribution in [0.1, 0.15) is 56.7 Å². The summed E-state index contributed by atoms with van der Waals surface area (Å²) >= 11 is 0. The van der Waals surface area contributed by atoms with Crippen molar-refractivity contribution in [1.29, 1.82) is 0 Å². The first-order chi connectivity index (χ1) is 19.6. The van der Waals surface area contributed by atoms with Crippen molar-refractivity contribution in [3.63, 3.8) is 0 Å². The van der Waals surface area contributed by atoms with Crippen molar-refractivity contribution in [2.24, 2.45) is 5.41 Å². The van der Waals surface area contributed by atoms with Crippen LogP contribution in [0.15, 0.2) is 54.9 Å². The quantitative estimate of drug-likeness (QED) is 0.201. The summed E-state index contributed by atoms with van der Waals surface area (Å²) in [5, 5.41) is 10.4. The molecular formula is C31H37F6N3O2. The highest BCUT2D eigenvalue weighted by Crippen LogP contribution is 2.57. The molecule has 2 atom stereocenters. The van der Waals surface area contributed by atoms with E-state index in [4.69, 9.17) is 4.74 Å². The average molecular weight is 598 g/mol. The summed E-state index contributed by atoms with van der Waals surface area (Å²) in [6.45, 7) is 9.66. The van der Waals surface area contributed by atoms with Crippen LogP contribution in [0.25, 0.3) is 0 Å². The van der Waals surface area contributed by atoms with Gasteiger partial charge in [0.2, 0.25) is 0 Å². The topological polar surface area (TPSA) is 48.8 Å². The molecule has 0 radical (unpaired) electrons. The van der Waals surface area contributed by atoms with Crippen LogP contribution in [-0.4, -0.2) is 59.0 Å². The fourth-order valence-electron chi connectivity index (χ4n) is 6.60. The highest BCUT2D eigenvalue weighted by molar-refractivity contribution is 5.35. The molecule has 4 rings (SSSR count). The van der Waals surface area contributed by atoms with E-state index in [0.29, 0.717) is 55.7 Å². The molecule has 1 aromatic carbocycles. The standard InChI is InChI=1S/C31H37F6N3O2/c1-6-21(18-40-13-11-29(12-14-40)24-16-38-17-27(34)23(24)19-42-29)9-10-28(3,4)30(31(35,36)37,39(5)20(2)41)22-7-8-25(32)26(33)15-22/h6-9,15-17,20,41H,1,10-14,18-19H2,2-5H3/b21-9+. The Labute approximate surface area is 242 Å². The first-order valence-corrected chi connectivity index (χ1v) is 13.8. The minimum absolute atomic E-state index is 0.122. The average Bonchev–Trinajstić information content (AvgIpc) is 3.28. The summed E-state index contributed by atoms with van der Waals surface area (Å²) in [4.78, 5) is 6.88. The van der Waals surface area contributed by atoms with E-state index in [0.717, 1.165) is 23.6 Å². The minimum Gasteiger partial charge on any atom is -0.379 e. The van der Waals surface area contributed by atoms with Crippen molar-refractivity contribution in [3.8, 4) is 0 Å². The van der Waals surface area contributed by atoms with E-state index in [1.807, 2.05) is 0 Å². The number of likely N-dealkylation sites (tertiary alicyclic amines) is 1. The summed E-state index contributed by atoms with van der Waals surface area (Å²) in [5.41, 5.74) is -3.67. The lowest BCUT2D eigenvalue weighted by molar-refractivity contribution is -0.289. The molecule has 230 valence electrons. The number of aromatic nitrogens is 1. The lowest BCUT2D eigenvalue weighted by Crippen LogP contribution is -2.65. The Kier molecular flexibility index (Phi) is 9.00. The van der Waals surface area contributed by atoms with Crippen LogP contribution in [0.4, 0.5) is 26.3 Å². The van der Waals surface area contributed by atoms with Crippen LogP contribution in [0.2, 0.25) is 0 Å². The number of fused-ring (bicyclic) bond motifs is 2. The zero-order valence-corrected chi connectivity index (χ0v) is 24.2. The highest BCUT2D eigenvalue weighted by atomic mass is 19.4. The molecule has 2 aromatic rings. The number of ether oxygens (including phenoxy) is 1. The molecule has 2 aliphatic heterocycles. The van der Waals surface area contributed by atoms with Crippen molar-refractivity contribution < 1.29 is 36.2 Å². The van der Waals surface area contributed by atoms with Gasteiger partial charge in [-0.05, 0) is 61.9 Å². The molecule has 1 saturated heterocycles. The number of rotatable bonds is 9. The smallest absolute Gasteiger partial charge is 0.379 e. The number of piperidine rings is 1. The van der Waals surface area contributed by atoms with Crippen LogP contribution >= 0.6 is 0 Å². The first kappa shape index (κ1) is 32.2. The Morgan fingerprint density at radius 3 is 2.38 bits per heavy atom. The maximum absolute atomic E-state index is 15.2. The van der Waals surface area contributed by atoms with E-state index in [9.17, 15) is 18.3 Å². The number of alkyl halides is 3. The zero-order valence-electron chi connectivity index (χ0n) is 24.2. The van der Waals surface area contributed by atoms with Crippen molar-refractivity contribution in [2.75, 3.05) is 26.7 Å². The van der Waals surface area contributed by atoms with Gasteiger partial charge >= 0.3 is 6.18 Å². The number of benzene rings is 1. The number of hydrogen-bond acceptors (Lipinski definition) is 5. The SMILES string of the molecule is C=C/C(=C\CC(C)(C)C(c1ccc(F)c(F)c1)(N(C)C(C)O)C(F)(F)F)CN1CCC2(CC1)OCc1c(F)cncc12. The second-order valence-electron chi connectivity index (χ2n) is 11.9. The molecule has 1 aromatic heterocycles. The first-order valence-electron chi connectivity index (χ1n) is 13.8. The van der Waals surface area contributed by atoms with E-state index in [2.05, 4.69) is 16.5 Å². The number of hydrogen-bond donors (Lipinski definition) is 1. The molecular weight excluding hydrogens is 560 g/mol. The highest BCUT2D eigenvalue weighted by Gasteiger charge is 2.66. The Balaban J connectivity index is 1.58. The molecule has 42 heavy (non-hydrogen) atoms. The molecule has 0 aliphatic carbocycles. The van der Waals surface area contributed by atoms with E-state index in [1.165, 1.54) is 27.0 Å². The van der Waals surface area contributed by atoms with Gasteiger partial charge in [-0.15, -0.1) is 0 Å². The lowest BCUT2D eigenvalue weighted by atomic mass is 9.64. The molecule has 0 saturated carbocycles. The Hall–Kier alpha value is -2.73.